The number of aromatic nitrogens is 2. The smallest absolute Gasteiger partial charge is 0.352 e. The van der Waals surface area contributed by atoms with Crippen LogP contribution in [0.1, 0.15) is 31.7 Å². The summed E-state index contributed by atoms with van der Waals surface area (Å²) in [6.07, 6.45) is -4.30. The minimum Gasteiger partial charge on any atom is -0.352 e. The number of nitrogens with one attached hydrogen (secondary N) is 1. The number of alkyl halides is 3. The summed E-state index contributed by atoms with van der Waals surface area (Å²) < 4.78 is 38.9. The van der Waals surface area contributed by atoms with Crippen LogP contribution in [-0.2, 0) is 17.5 Å². The first-order valence-electron chi connectivity index (χ1n) is 6.16. The number of halogens is 3. The predicted octanol–water partition coefficient (Wildman–Crippen LogP) is 2.03. The van der Waals surface area contributed by atoms with Crippen molar-refractivity contribution in [1.29, 1.82) is 0 Å². The highest BCUT2D eigenvalue weighted by Crippen LogP contribution is 2.36. The highest BCUT2D eigenvalue weighted by atomic mass is 19.4. The zero-order chi connectivity index (χ0) is 16.4. The molecule has 1 amide bonds. The van der Waals surface area contributed by atoms with Crippen LogP contribution in [0.5, 0.6) is 0 Å². The second-order valence-corrected chi connectivity index (χ2v) is 4.57. The molecule has 0 aliphatic heterocycles. The first kappa shape index (κ1) is 16.9. The van der Waals surface area contributed by atoms with Gasteiger partial charge >= 0.3 is 11.9 Å². The summed E-state index contributed by atoms with van der Waals surface area (Å²) in [5.41, 5.74) is -3.04. The normalized spacial score (nSPS) is 13.0. The molecule has 1 heterocycles. The Kier molecular flexibility index (Phi) is 4.92. The zero-order valence-corrected chi connectivity index (χ0v) is 11.7. The first-order valence-corrected chi connectivity index (χ1v) is 6.16. The molecule has 1 unspecified atom stereocenters. The number of hydrogen-bond donors (Lipinski definition) is 1. The summed E-state index contributed by atoms with van der Waals surface area (Å²) in [6.45, 7) is 4.18. The lowest BCUT2D eigenvalue weighted by molar-refractivity contribution is -0.388. The van der Waals surface area contributed by atoms with Crippen molar-refractivity contribution < 1.29 is 22.9 Å². The number of hydrogen-bond acceptors (Lipinski definition) is 4. The Labute approximate surface area is 118 Å². The molecule has 0 spiro atoms. The molecule has 0 bridgehead atoms. The fourth-order valence-electron chi connectivity index (χ4n) is 1.66. The Morgan fingerprint density at radius 1 is 1.52 bits per heavy atom. The van der Waals surface area contributed by atoms with Crippen molar-refractivity contribution in [3.8, 4) is 0 Å². The number of nitrogens with zero attached hydrogens (tertiary/aromatic N) is 3. The molecular weight excluding hydrogens is 293 g/mol. The lowest BCUT2D eigenvalue weighted by atomic mass is 10.2. The number of rotatable bonds is 5. The molecule has 0 saturated heterocycles. The molecule has 0 saturated carbocycles. The third kappa shape index (κ3) is 3.92. The standard InChI is InChI=1S/C11H15F3N4O3/c1-4-6(2)15-8(19)5-17-7(3)9(18(20)21)10(16-17)11(12,13)14/h6H,4-5H2,1-3H3,(H,15,19). The van der Waals surface area contributed by atoms with Gasteiger partial charge in [-0.15, -0.1) is 0 Å². The highest BCUT2D eigenvalue weighted by Gasteiger charge is 2.44. The van der Waals surface area contributed by atoms with Gasteiger partial charge in [0.25, 0.3) is 0 Å². The predicted molar refractivity (Wildman–Crippen MR) is 66.5 cm³/mol. The van der Waals surface area contributed by atoms with E-state index >= 15 is 0 Å². The largest absolute Gasteiger partial charge is 0.442 e. The molecule has 10 heteroatoms. The number of carbonyl (C=O) groups excluding carboxylic acids is 1. The number of nitro groups is 1. The van der Waals surface area contributed by atoms with E-state index in [1.165, 1.54) is 0 Å². The van der Waals surface area contributed by atoms with E-state index in [1.54, 1.807) is 6.92 Å². The van der Waals surface area contributed by atoms with Gasteiger partial charge in [0.05, 0.1) is 4.92 Å². The fourth-order valence-corrected chi connectivity index (χ4v) is 1.66. The van der Waals surface area contributed by atoms with Gasteiger partial charge in [0, 0.05) is 6.04 Å². The van der Waals surface area contributed by atoms with E-state index in [2.05, 4.69) is 10.4 Å². The molecule has 21 heavy (non-hydrogen) atoms. The van der Waals surface area contributed by atoms with Gasteiger partial charge in [0.2, 0.25) is 11.6 Å². The van der Waals surface area contributed by atoms with E-state index in [-0.39, 0.29) is 11.7 Å². The summed E-state index contributed by atoms with van der Waals surface area (Å²) in [7, 11) is 0. The average molecular weight is 308 g/mol. The van der Waals surface area contributed by atoms with Gasteiger partial charge in [0.15, 0.2) is 0 Å². The van der Waals surface area contributed by atoms with Gasteiger partial charge in [-0.2, -0.15) is 18.3 Å². The second-order valence-electron chi connectivity index (χ2n) is 4.57. The second kappa shape index (κ2) is 6.10. The van der Waals surface area contributed by atoms with E-state index < -0.39 is 34.9 Å². The molecule has 0 aromatic carbocycles. The SMILES string of the molecule is CCC(C)NC(=O)Cn1nc(C(F)(F)F)c([N+](=O)[O-])c1C. The summed E-state index contributed by atoms with van der Waals surface area (Å²) >= 11 is 0. The first-order chi connectivity index (χ1) is 9.57. The molecule has 0 fully saturated rings. The van der Waals surface area contributed by atoms with Crippen LogP contribution < -0.4 is 5.32 Å². The molecule has 0 radical (unpaired) electrons. The zero-order valence-electron chi connectivity index (χ0n) is 11.7. The summed E-state index contributed by atoms with van der Waals surface area (Å²) in [5.74, 6) is -0.557. The Bertz CT molecular complexity index is 554. The molecular formula is C11H15F3N4O3. The quantitative estimate of drug-likeness (QED) is 0.665. The van der Waals surface area contributed by atoms with Crippen LogP contribution in [0.2, 0.25) is 0 Å². The molecule has 1 N–H and O–H groups in total. The van der Waals surface area contributed by atoms with E-state index in [4.69, 9.17) is 0 Å². The summed E-state index contributed by atoms with van der Waals surface area (Å²) in [4.78, 5) is 21.3. The van der Waals surface area contributed by atoms with E-state index in [0.717, 1.165) is 6.92 Å². The maximum Gasteiger partial charge on any atom is 0.442 e. The van der Waals surface area contributed by atoms with Crippen LogP contribution >= 0.6 is 0 Å². The monoisotopic (exact) mass is 308 g/mol. The van der Waals surface area contributed by atoms with Crippen LogP contribution in [-0.4, -0.2) is 26.7 Å². The number of amides is 1. The van der Waals surface area contributed by atoms with Crippen LogP contribution in [0.3, 0.4) is 0 Å². The minimum atomic E-state index is -4.95. The van der Waals surface area contributed by atoms with Crippen LogP contribution in [0.4, 0.5) is 18.9 Å². The van der Waals surface area contributed by atoms with Gasteiger partial charge in [-0.25, -0.2) is 0 Å². The van der Waals surface area contributed by atoms with Gasteiger partial charge in [-0.1, -0.05) is 6.92 Å². The molecule has 1 aromatic rings. The molecule has 7 nitrogen and oxygen atoms in total. The summed E-state index contributed by atoms with van der Waals surface area (Å²) in [6, 6.07) is -0.148. The Morgan fingerprint density at radius 2 is 2.10 bits per heavy atom. The fraction of sp³-hybridized carbons (Fsp3) is 0.636. The van der Waals surface area contributed by atoms with Crippen LogP contribution in [0.25, 0.3) is 0 Å². The molecule has 1 aromatic heterocycles. The van der Waals surface area contributed by atoms with Gasteiger partial charge in [0.1, 0.15) is 12.2 Å². The lowest BCUT2D eigenvalue weighted by Crippen LogP contribution is -2.35. The van der Waals surface area contributed by atoms with E-state index in [1.807, 2.05) is 6.92 Å². The summed E-state index contributed by atoms with van der Waals surface area (Å²) in [5, 5.41) is 16.5. The Hall–Kier alpha value is -2.13. The Morgan fingerprint density at radius 3 is 2.48 bits per heavy atom. The van der Waals surface area contributed by atoms with Gasteiger partial charge in [-0.3, -0.25) is 19.6 Å². The molecule has 0 aliphatic rings. The van der Waals surface area contributed by atoms with Crippen molar-refractivity contribution in [2.24, 2.45) is 0 Å². The molecule has 1 rings (SSSR count). The number of carbonyl (C=O) groups is 1. The Balaban J connectivity index is 3.10. The van der Waals surface area contributed by atoms with Crippen molar-refractivity contribution in [2.75, 3.05) is 0 Å². The molecule has 1 atom stereocenters. The lowest BCUT2D eigenvalue weighted by Gasteiger charge is -2.11. The highest BCUT2D eigenvalue weighted by molar-refractivity contribution is 5.76. The van der Waals surface area contributed by atoms with Gasteiger partial charge in [-0.05, 0) is 20.3 Å². The van der Waals surface area contributed by atoms with Gasteiger partial charge < -0.3 is 5.32 Å². The van der Waals surface area contributed by atoms with E-state index in [0.29, 0.717) is 11.1 Å². The third-order valence-electron chi connectivity index (χ3n) is 2.94. The van der Waals surface area contributed by atoms with Crippen molar-refractivity contribution >= 4 is 11.6 Å². The van der Waals surface area contributed by atoms with E-state index in [9.17, 15) is 28.1 Å². The third-order valence-corrected chi connectivity index (χ3v) is 2.94. The van der Waals surface area contributed by atoms with Crippen LogP contribution in [0, 0.1) is 17.0 Å². The van der Waals surface area contributed by atoms with Crippen molar-refractivity contribution in [2.45, 2.75) is 46.0 Å². The van der Waals surface area contributed by atoms with Crippen molar-refractivity contribution in [3.63, 3.8) is 0 Å². The maximum atomic E-state index is 12.7. The van der Waals surface area contributed by atoms with Crippen LogP contribution in [0.15, 0.2) is 0 Å². The average Bonchev–Trinajstić information content (AvgIpc) is 2.66. The molecule has 118 valence electrons. The van der Waals surface area contributed by atoms with Crippen molar-refractivity contribution in [1.82, 2.24) is 15.1 Å². The maximum absolute atomic E-state index is 12.7. The topological polar surface area (TPSA) is 90.1 Å². The minimum absolute atomic E-state index is 0.148. The van der Waals surface area contributed by atoms with Crippen molar-refractivity contribution in [3.05, 3.63) is 21.5 Å². The molecule has 0 aliphatic carbocycles.